The van der Waals surface area contributed by atoms with E-state index in [0.717, 1.165) is 5.69 Å². The van der Waals surface area contributed by atoms with Gasteiger partial charge in [0.25, 0.3) is 0 Å². The van der Waals surface area contributed by atoms with Gasteiger partial charge in [0.15, 0.2) is 0 Å². The lowest BCUT2D eigenvalue weighted by atomic mass is 10.0. The van der Waals surface area contributed by atoms with Crippen LogP contribution in [0.15, 0.2) is 12.3 Å². The Hall–Kier alpha value is -1.65. The SMILES string of the molecule is CCN(c1nccc(C)n1)C(C)(C)C(=O)O. The molecule has 0 bridgehead atoms. The molecule has 0 radical (unpaired) electrons. The normalized spacial score (nSPS) is 11.2. The second kappa shape index (κ2) is 4.47. The molecule has 88 valence electrons. The Morgan fingerprint density at radius 3 is 2.62 bits per heavy atom. The van der Waals surface area contributed by atoms with Gasteiger partial charge < -0.3 is 10.0 Å². The first-order valence-corrected chi connectivity index (χ1v) is 5.20. The molecule has 0 aliphatic carbocycles. The average Bonchev–Trinajstić information content (AvgIpc) is 2.18. The van der Waals surface area contributed by atoms with Crippen LogP contribution in [0.3, 0.4) is 0 Å². The topological polar surface area (TPSA) is 66.3 Å². The van der Waals surface area contributed by atoms with Crippen molar-refractivity contribution >= 4 is 11.9 Å². The summed E-state index contributed by atoms with van der Waals surface area (Å²) in [5.74, 6) is -0.436. The van der Waals surface area contributed by atoms with Crippen LogP contribution in [0, 0.1) is 6.92 Å². The molecule has 0 aromatic carbocycles. The van der Waals surface area contributed by atoms with Gasteiger partial charge in [0, 0.05) is 18.4 Å². The number of aryl methyl sites for hydroxylation is 1. The van der Waals surface area contributed by atoms with Crippen LogP contribution in [0.5, 0.6) is 0 Å². The van der Waals surface area contributed by atoms with E-state index in [0.29, 0.717) is 12.5 Å². The zero-order valence-corrected chi connectivity index (χ0v) is 10.1. The third-order valence-electron chi connectivity index (χ3n) is 2.54. The summed E-state index contributed by atoms with van der Waals surface area (Å²) in [6, 6.07) is 1.78. The molecular weight excluding hydrogens is 206 g/mol. The summed E-state index contributed by atoms with van der Waals surface area (Å²) in [6.07, 6.45) is 1.64. The maximum atomic E-state index is 11.2. The number of anilines is 1. The maximum Gasteiger partial charge on any atom is 0.329 e. The first-order valence-electron chi connectivity index (χ1n) is 5.20. The Kier molecular flexibility index (Phi) is 3.47. The van der Waals surface area contributed by atoms with Crippen molar-refractivity contribution in [2.24, 2.45) is 0 Å². The number of nitrogens with zero attached hydrogens (tertiary/aromatic N) is 3. The first-order chi connectivity index (χ1) is 7.39. The van der Waals surface area contributed by atoms with Crippen molar-refractivity contribution in [2.45, 2.75) is 33.2 Å². The highest BCUT2D eigenvalue weighted by Gasteiger charge is 2.35. The number of likely N-dealkylation sites (N-methyl/N-ethyl adjacent to an activating group) is 1. The summed E-state index contributed by atoms with van der Waals surface area (Å²) in [4.78, 5) is 21.2. The van der Waals surface area contributed by atoms with Gasteiger partial charge in [0.1, 0.15) is 5.54 Å². The quantitative estimate of drug-likeness (QED) is 0.837. The Labute approximate surface area is 95.1 Å². The number of aliphatic carboxylic acids is 1. The first kappa shape index (κ1) is 12.4. The van der Waals surface area contributed by atoms with Gasteiger partial charge in [-0.1, -0.05) is 0 Å². The molecule has 0 saturated heterocycles. The standard InChI is InChI=1S/C11H17N3O2/c1-5-14(11(3,4)9(15)16)10-12-7-6-8(2)13-10/h6-7H,5H2,1-4H3,(H,15,16). The number of hydrogen-bond donors (Lipinski definition) is 1. The molecule has 0 spiro atoms. The summed E-state index contributed by atoms with van der Waals surface area (Å²) >= 11 is 0. The zero-order valence-electron chi connectivity index (χ0n) is 10.1. The highest BCUT2D eigenvalue weighted by Crippen LogP contribution is 2.20. The molecule has 1 N–H and O–H groups in total. The van der Waals surface area contributed by atoms with E-state index in [1.165, 1.54) is 0 Å². The minimum atomic E-state index is -1.01. The van der Waals surface area contributed by atoms with Crippen LogP contribution in [-0.2, 0) is 4.79 Å². The van der Waals surface area contributed by atoms with Gasteiger partial charge >= 0.3 is 5.97 Å². The highest BCUT2D eigenvalue weighted by atomic mass is 16.4. The fourth-order valence-electron chi connectivity index (χ4n) is 1.47. The molecule has 0 amide bonds. The van der Waals surface area contributed by atoms with Crippen molar-refractivity contribution in [2.75, 3.05) is 11.4 Å². The lowest BCUT2D eigenvalue weighted by molar-refractivity contribution is -0.142. The van der Waals surface area contributed by atoms with Gasteiger partial charge in [-0.2, -0.15) is 0 Å². The van der Waals surface area contributed by atoms with Crippen LogP contribution in [0.4, 0.5) is 5.95 Å². The molecule has 5 nitrogen and oxygen atoms in total. The van der Waals surface area contributed by atoms with E-state index in [9.17, 15) is 9.90 Å². The van der Waals surface area contributed by atoms with Gasteiger partial charge in [-0.15, -0.1) is 0 Å². The Bertz CT molecular complexity index is 391. The molecule has 1 rings (SSSR count). The lowest BCUT2D eigenvalue weighted by Crippen LogP contribution is -2.51. The third-order valence-corrected chi connectivity index (χ3v) is 2.54. The molecular formula is C11H17N3O2. The molecule has 0 aliphatic rings. The third kappa shape index (κ3) is 2.29. The van der Waals surface area contributed by atoms with Crippen molar-refractivity contribution in [3.05, 3.63) is 18.0 Å². The molecule has 0 aliphatic heterocycles. The molecule has 1 heterocycles. The number of carbonyl (C=O) groups is 1. The van der Waals surface area contributed by atoms with Crippen molar-refractivity contribution in [1.82, 2.24) is 9.97 Å². The van der Waals surface area contributed by atoms with Crippen LogP contribution in [-0.4, -0.2) is 33.1 Å². The van der Waals surface area contributed by atoms with Gasteiger partial charge in [0.05, 0.1) is 0 Å². The average molecular weight is 223 g/mol. The van der Waals surface area contributed by atoms with Crippen LogP contribution in [0.1, 0.15) is 26.5 Å². The Balaban J connectivity index is 3.12. The van der Waals surface area contributed by atoms with Gasteiger partial charge in [-0.05, 0) is 33.8 Å². The second-order valence-corrected chi connectivity index (χ2v) is 4.11. The smallest absolute Gasteiger partial charge is 0.329 e. The molecule has 5 heteroatoms. The highest BCUT2D eigenvalue weighted by molar-refractivity contribution is 5.81. The van der Waals surface area contributed by atoms with E-state index < -0.39 is 11.5 Å². The fourth-order valence-corrected chi connectivity index (χ4v) is 1.47. The van der Waals surface area contributed by atoms with Crippen molar-refractivity contribution in [3.8, 4) is 0 Å². The van der Waals surface area contributed by atoms with E-state index in [1.54, 1.807) is 31.0 Å². The van der Waals surface area contributed by atoms with Crippen LogP contribution in [0.25, 0.3) is 0 Å². The second-order valence-electron chi connectivity index (χ2n) is 4.11. The summed E-state index contributed by atoms with van der Waals surface area (Å²) in [5.41, 5.74) is -0.188. The number of rotatable bonds is 4. The van der Waals surface area contributed by atoms with Gasteiger partial charge in [-0.25, -0.2) is 14.8 Å². The van der Waals surface area contributed by atoms with Crippen molar-refractivity contribution < 1.29 is 9.90 Å². The fraction of sp³-hybridized carbons (Fsp3) is 0.545. The molecule has 0 unspecified atom stereocenters. The minimum absolute atomic E-state index is 0.454. The Morgan fingerprint density at radius 1 is 1.56 bits per heavy atom. The number of hydrogen-bond acceptors (Lipinski definition) is 4. The Morgan fingerprint density at radius 2 is 2.19 bits per heavy atom. The van der Waals surface area contributed by atoms with E-state index in [1.807, 2.05) is 13.8 Å². The molecule has 1 aromatic heterocycles. The van der Waals surface area contributed by atoms with E-state index in [2.05, 4.69) is 9.97 Å². The van der Waals surface area contributed by atoms with Crippen LogP contribution in [0.2, 0.25) is 0 Å². The summed E-state index contributed by atoms with van der Waals surface area (Å²) in [5, 5.41) is 9.18. The summed E-state index contributed by atoms with van der Waals surface area (Å²) in [6.45, 7) is 7.57. The molecule has 1 aromatic rings. The van der Waals surface area contributed by atoms with Crippen LogP contribution >= 0.6 is 0 Å². The minimum Gasteiger partial charge on any atom is -0.480 e. The lowest BCUT2D eigenvalue weighted by Gasteiger charge is -2.34. The number of carboxylic acid groups (broad SMARTS) is 1. The van der Waals surface area contributed by atoms with Crippen molar-refractivity contribution in [1.29, 1.82) is 0 Å². The summed E-state index contributed by atoms with van der Waals surface area (Å²) < 4.78 is 0. The molecule has 16 heavy (non-hydrogen) atoms. The maximum absolute atomic E-state index is 11.2. The predicted molar refractivity (Wildman–Crippen MR) is 61.5 cm³/mol. The zero-order chi connectivity index (χ0) is 12.3. The largest absolute Gasteiger partial charge is 0.480 e. The monoisotopic (exact) mass is 223 g/mol. The predicted octanol–water partition coefficient (Wildman–Crippen LogP) is 1.47. The van der Waals surface area contributed by atoms with Crippen molar-refractivity contribution in [3.63, 3.8) is 0 Å². The molecule has 0 fully saturated rings. The van der Waals surface area contributed by atoms with Crippen LogP contribution < -0.4 is 4.90 Å². The van der Waals surface area contributed by atoms with E-state index in [-0.39, 0.29) is 0 Å². The molecule has 0 atom stereocenters. The van der Waals surface area contributed by atoms with Gasteiger partial charge in [0.2, 0.25) is 5.95 Å². The van der Waals surface area contributed by atoms with E-state index in [4.69, 9.17) is 0 Å². The summed E-state index contributed by atoms with van der Waals surface area (Å²) in [7, 11) is 0. The number of aromatic nitrogens is 2. The van der Waals surface area contributed by atoms with Gasteiger partial charge in [-0.3, -0.25) is 0 Å². The van der Waals surface area contributed by atoms with E-state index >= 15 is 0 Å². The number of carboxylic acids is 1. The molecule has 0 saturated carbocycles.